The van der Waals surface area contributed by atoms with Crippen molar-refractivity contribution in [3.8, 4) is 0 Å². The predicted octanol–water partition coefficient (Wildman–Crippen LogP) is 1.99. The fourth-order valence-corrected chi connectivity index (χ4v) is 2.51. The zero-order valence-electron chi connectivity index (χ0n) is 9.05. The minimum absolute atomic E-state index is 1.02. The largest absolute Gasteiger partial charge is 0.309 e. The average Bonchev–Trinajstić information content (AvgIpc) is 2.65. The minimum Gasteiger partial charge on any atom is -0.309 e. The van der Waals surface area contributed by atoms with Crippen LogP contribution in [0.15, 0.2) is 35.6 Å². The summed E-state index contributed by atoms with van der Waals surface area (Å²) < 4.78 is 2.13. The number of fused-ring (bicyclic) bond motifs is 1. The van der Waals surface area contributed by atoms with Gasteiger partial charge in [-0.2, -0.15) is 0 Å². The molecule has 3 nitrogen and oxygen atoms in total. The van der Waals surface area contributed by atoms with Crippen molar-refractivity contribution in [1.29, 1.82) is 0 Å². The molecule has 4 heteroatoms. The first-order valence-corrected chi connectivity index (χ1v) is 5.95. The third-order valence-electron chi connectivity index (χ3n) is 2.18. The van der Waals surface area contributed by atoms with Gasteiger partial charge in [0.25, 0.3) is 0 Å². The topological polar surface area (TPSA) is 20.5 Å². The summed E-state index contributed by atoms with van der Waals surface area (Å²) in [7, 11) is 4.19. The van der Waals surface area contributed by atoms with Gasteiger partial charge in [0.05, 0.1) is 5.03 Å². The number of nitrogens with zero attached hydrogens (tertiary/aromatic N) is 3. The van der Waals surface area contributed by atoms with Crippen LogP contribution in [0.3, 0.4) is 0 Å². The van der Waals surface area contributed by atoms with Crippen LogP contribution in [0.4, 0.5) is 0 Å². The maximum atomic E-state index is 4.26. The highest BCUT2D eigenvalue weighted by molar-refractivity contribution is 7.99. The Labute approximate surface area is 94.1 Å². The van der Waals surface area contributed by atoms with Gasteiger partial charge in [-0.05, 0) is 26.2 Å². The van der Waals surface area contributed by atoms with Crippen molar-refractivity contribution in [2.45, 2.75) is 5.03 Å². The van der Waals surface area contributed by atoms with Crippen LogP contribution in [0.25, 0.3) is 5.65 Å². The van der Waals surface area contributed by atoms with Gasteiger partial charge in [0.1, 0.15) is 5.65 Å². The first-order valence-electron chi connectivity index (χ1n) is 4.97. The fraction of sp³-hybridized carbons (Fsp3) is 0.364. The Balaban J connectivity index is 2.10. The van der Waals surface area contributed by atoms with Crippen LogP contribution in [0, 0.1) is 0 Å². The van der Waals surface area contributed by atoms with Gasteiger partial charge in [0.2, 0.25) is 0 Å². The molecule has 0 amide bonds. The molecule has 80 valence electrons. The van der Waals surface area contributed by atoms with Gasteiger partial charge < -0.3 is 4.90 Å². The zero-order valence-corrected chi connectivity index (χ0v) is 9.87. The fourth-order valence-electron chi connectivity index (χ4n) is 1.37. The number of imidazole rings is 1. The molecule has 0 radical (unpaired) electrons. The van der Waals surface area contributed by atoms with Crippen molar-refractivity contribution in [2.75, 3.05) is 26.4 Å². The summed E-state index contributed by atoms with van der Waals surface area (Å²) in [5, 5.41) is 1.26. The van der Waals surface area contributed by atoms with E-state index in [1.165, 1.54) is 5.03 Å². The Kier molecular flexibility index (Phi) is 3.28. The summed E-state index contributed by atoms with van der Waals surface area (Å²) in [5.41, 5.74) is 1.02. The van der Waals surface area contributed by atoms with Gasteiger partial charge in [-0.1, -0.05) is 6.07 Å². The lowest BCUT2D eigenvalue weighted by Gasteiger charge is -2.09. The summed E-state index contributed by atoms with van der Waals surface area (Å²) in [5.74, 6) is 1.10. The Hall–Kier alpha value is -1.00. The summed E-state index contributed by atoms with van der Waals surface area (Å²) in [4.78, 5) is 6.46. The van der Waals surface area contributed by atoms with Gasteiger partial charge in [-0.3, -0.25) is 4.40 Å². The molecule has 0 spiro atoms. The molecule has 0 N–H and O–H groups in total. The molecule has 2 heterocycles. The molecule has 0 unspecified atom stereocenters. The van der Waals surface area contributed by atoms with Crippen molar-refractivity contribution in [1.82, 2.24) is 14.3 Å². The van der Waals surface area contributed by atoms with Gasteiger partial charge in [-0.25, -0.2) is 4.98 Å². The highest BCUT2D eigenvalue weighted by Crippen LogP contribution is 2.18. The lowest BCUT2D eigenvalue weighted by molar-refractivity contribution is 0.437. The lowest BCUT2D eigenvalue weighted by atomic mass is 10.5. The van der Waals surface area contributed by atoms with E-state index in [1.807, 2.05) is 30.2 Å². The third kappa shape index (κ3) is 2.52. The molecule has 15 heavy (non-hydrogen) atoms. The monoisotopic (exact) mass is 221 g/mol. The highest BCUT2D eigenvalue weighted by Gasteiger charge is 2.00. The second-order valence-electron chi connectivity index (χ2n) is 3.67. The van der Waals surface area contributed by atoms with Gasteiger partial charge in [0, 0.05) is 24.7 Å². The van der Waals surface area contributed by atoms with Crippen LogP contribution in [0.2, 0.25) is 0 Å². The minimum atomic E-state index is 1.02. The van der Waals surface area contributed by atoms with Crippen LogP contribution in [0.1, 0.15) is 0 Å². The Morgan fingerprint density at radius 1 is 1.40 bits per heavy atom. The molecule has 0 saturated heterocycles. The van der Waals surface area contributed by atoms with Crippen LogP contribution < -0.4 is 0 Å². The SMILES string of the molecule is CN(C)CCSc1cccc2nccn12. The Morgan fingerprint density at radius 2 is 2.27 bits per heavy atom. The Bertz CT molecular complexity index is 436. The molecule has 0 aliphatic rings. The Morgan fingerprint density at radius 3 is 3.07 bits per heavy atom. The zero-order chi connectivity index (χ0) is 10.7. The summed E-state index contributed by atoms with van der Waals surface area (Å²) in [6.07, 6.45) is 3.85. The summed E-state index contributed by atoms with van der Waals surface area (Å²) in [6, 6.07) is 6.21. The standard InChI is InChI=1S/C11H15N3S/c1-13(2)8-9-15-11-5-3-4-10-12-6-7-14(10)11/h3-7H,8-9H2,1-2H3. The van der Waals surface area contributed by atoms with Gasteiger partial charge in [0.15, 0.2) is 0 Å². The maximum Gasteiger partial charge on any atom is 0.137 e. The van der Waals surface area contributed by atoms with Crippen molar-refractivity contribution in [3.63, 3.8) is 0 Å². The predicted molar refractivity (Wildman–Crippen MR) is 64.5 cm³/mol. The van der Waals surface area contributed by atoms with Crippen molar-refractivity contribution in [2.24, 2.45) is 0 Å². The molecule has 2 aromatic heterocycles. The van der Waals surface area contributed by atoms with Gasteiger partial charge in [-0.15, -0.1) is 11.8 Å². The van der Waals surface area contributed by atoms with Gasteiger partial charge >= 0.3 is 0 Å². The van der Waals surface area contributed by atoms with E-state index < -0.39 is 0 Å². The van der Waals surface area contributed by atoms with Crippen LogP contribution in [-0.2, 0) is 0 Å². The number of thioether (sulfide) groups is 1. The van der Waals surface area contributed by atoms with Crippen molar-refractivity contribution < 1.29 is 0 Å². The molecular formula is C11H15N3S. The molecular weight excluding hydrogens is 206 g/mol. The van der Waals surface area contributed by atoms with E-state index in [-0.39, 0.29) is 0 Å². The number of aromatic nitrogens is 2. The second-order valence-corrected chi connectivity index (χ2v) is 4.79. The molecule has 2 aromatic rings. The molecule has 0 atom stereocenters. The summed E-state index contributed by atoms with van der Waals surface area (Å²) >= 11 is 1.86. The second kappa shape index (κ2) is 4.68. The number of hydrogen-bond acceptors (Lipinski definition) is 3. The average molecular weight is 221 g/mol. The van der Waals surface area contributed by atoms with E-state index in [9.17, 15) is 0 Å². The first-order chi connectivity index (χ1) is 7.27. The lowest BCUT2D eigenvalue weighted by Crippen LogP contribution is -2.14. The molecule has 0 aromatic carbocycles. The number of hydrogen-bond donors (Lipinski definition) is 0. The first kappa shape index (κ1) is 10.5. The van der Waals surface area contributed by atoms with E-state index in [0.717, 1.165) is 17.9 Å². The van der Waals surface area contributed by atoms with E-state index in [4.69, 9.17) is 0 Å². The van der Waals surface area contributed by atoms with E-state index in [1.54, 1.807) is 0 Å². The van der Waals surface area contributed by atoms with Crippen LogP contribution >= 0.6 is 11.8 Å². The summed E-state index contributed by atoms with van der Waals surface area (Å²) in [6.45, 7) is 1.09. The molecule has 0 saturated carbocycles. The number of pyridine rings is 1. The molecule has 0 bridgehead atoms. The normalized spacial score (nSPS) is 11.4. The quantitative estimate of drug-likeness (QED) is 0.737. The van der Waals surface area contributed by atoms with Crippen LogP contribution in [-0.4, -0.2) is 40.7 Å². The molecule has 0 fully saturated rings. The van der Waals surface area contributed by atoms with E-state index >= 15 is 0 Å². The smallest absolute Gasteiger partial charge is 0.137 e. The van der Waals surface area contributed by atoms with E-state index in [2.05, 4.69) is 40.5 Å². The number of rotatable bonds is 4. The highest BCUT2D eigenvalue weighted by atomic mass is 32.2. The maximum absolute atomic E-state index is 4.26. The molecule has 0 aliphatic carbocycles. The van der Waals surface area contributed by atoms with E-state index in [0.29, 0.717) is 0 Å². The van der Waals surface area contributed by atoms with Crippen LogP contribution in [0.5, 0.6) is 0 Å². The molecule has 2 rings (SSSR count). The van der Waals surface area contributed by atoms with Crippen molar-refractivity contribution in [3.05, 3.63) is 30.6 Å². The van der Waals surface area contributed by atoms with Crippen molar-refractivity contribution >= 4 is 17.4 Å². The molecule has 0 aliphatic heterocycles. The third-order valence-corrected chi connectivity index (χ3v) is 3.19.